The molecule has 96 valence electrons. The second kappa shape index (κ2) is 6.20. The maximum atomic E-state index is 4.57. The van der Waals surface area contributed by atoms with Crippen molar-refractivity contribution in [2.24, 2.45) is 0 Å². The van der Waals surface area contributed by atoms with Crippen molar-refractivity contribution >= 4 is 0 Å². The highest BCUT2D eigenvalue weighted by atomic mass is 15.1. The molecule has 2 rings (SSSR count). The highest BCUT2D eigenvalue weighted by Crippen LogP contribution is 2.33. The molecule has 0 bridgehead atoms. The molecule has 1 fully saturated rings. The quantitative estimate of drug-likeness (QED) is 0.821. The fourth-order valence-electron chi connectivity index (χ4n) is 2.86. The molecule has 1 saturated carbocycles. The summed E-state index contributed by atoms with van der Waals surface area (Å²) in [4.78, 5) is 4.57. The molecule has 0 aromatic carbocycles. The third-order valence-electron chi connectivity index (χ3n) is 3.69. The Hall–Kier alpha value is -0.830. The van der Waals surface area contributed by atoms with E-state index in [1.54, 1.807) is 0 Å². The van der Waals surface area contributed by atoms with Crippen LogP contribution in [0.2, 0.25) is 0 Å². The maximum absolute atomic E-state index is 4.57. The van der Waals surface area contributed by atoms with Gasteiger partial charge in [0.1, 0.15) is 5.82 Å². The van der Waals surface area contributed by atoms with Crippen LogP contribution in [0.25, 0.3) is 0 Å². The van der Waals surface area contributed by atoms with E-state index >= 15 is 0 Å². The first-order chi connectivity index (χ1) is 8.35. The molecule has 1 N–H and O–H groups in total. The fraction of sp³-hybridized carbons (Fsp3) is 0.786. The Morgan fingerprint density at radius 3 is 3.00 bits per heavy atom. The fourth-order valence-corrected chi connectivity index (χ4v) is 2.86. The molecule has 0 saturated heterocycles. The lowest BCUT2D eigenvalue weighted by atomic mass is 10.1. The van der Waals surface area contributed by atoms with Gasteiger partial charge in [-0.1, -0.05) is 13.8 Å². The van der Waals surface area contributed by atoms with E-state index in [0.29, 0.717) is 12.0 Å². The minimum Gasteiger partial charge on any atom is -0.335 e. The van der Waals surface area contributed by atoms with Crippen LogP contribution in [0.1, 0.15) is 57.7 Å². The molecule has 1 heterocycles. The van der Waals surface area contributed by atoms with Gasteiger partial charge in [0.15, 0.2) is 0 Å². The van der Waals surface area contributed by atoms with Crippen molar-refractivity contribution in [2.45, 2.75) is 64.5 Å². The number of rotatable bonds is 6. The van der Waals surface area contributed by atoms with Gasteiger partial charge in [-0.15, -0.1) is 0 Å². The summed E-state index contributed by atoms with van der Waals surface area (Å²) < 4.78 is 2.34. The van der Waals surface area contributed by atoms with E-state index < -0.39 is 0 Å². The van der Waals surface area contributed by atoms with E-state index in [-0.39, 0.29) is 0 Å². The van der Waals surface area contributed by atoms with Gasteiger partial charge in [-0.2, -0.15) is 0 Å². The number of hydrogen-bond acceptors (Lipinski definition) is 2. The lowest BCUT2D eigenvalue weighted by Crippen LogP contribution is -2.27. The molecule has 1 aliphatic rings. The van der Waals surface area contributed by atoms with E-state index in [0.717, 1.165) is 13.1 Å². The first kappa shape index (κ1) is 12.6. The molecule has 17 heavy (non-hydrogen) atoms. The predicted molar refractivity (Wildman–Crippen MR) is 71.2 cm³/mol. The van der Waals surface area contributed by atoms with Gasteiger partial charge < -0.3 is 9.88 Å². The lowest BCUT2D eigenvalue weighted by Gasteiger charge is -2.14. The molecule has 2 unspecified atom stereocenters. The van der Waals surface area contributed by atoms with Crippen molar-refractivity contribution < 1.29 is 0 Å². The van der Waals surface area contributed by atoms with E-state index in [9.17, 15) is 0 Å². The molecule has 3 nitrogen and oxygen atoms in total. The van der Waals surface area contributed by atoms with Gasteiger partial charge in [0.05, 0.1) is 0 Å². The van der Waals surface area contributed by atoms with Gasteiger partial charge in [0, 0.05) is 30.9 Å². The van der Waals surface area contributed by atoms with Crippen molar-refractivity contribution in [3.8, 4) is 0 Å². The Morgan fingerprint density at radius 2 is 2.24 bits per heavy atom. The van der Waals surface area contributed by atoms with Crippen LogP contribution in [0.3, 0.4) is 0 Å². The van der Waals surface area contributed by atoms with Crippen molar-refractivity contribution in [3.05, 3.63) is 18.2 Å². The molecule has 0 aliphatic heterocycles. The zero-order valence-electron chi connectivity index (χ0n) is 11.2. The van der Waals surface area contributed by atoms with Crippen molar-refractivity contribution in [1.29, 1.82) is 0 Å². The normalized spacial score (nSPS) is 24.4. The Balaban J connectivity index is 1.92. The summed E-state index contributed by atoms with van der Waals surface area (Å²) in [6.07, 6.45) is 10.4. The number of nitrogens with one attached hydrogen (secondary N) is 1. The van der Waals surface area contributed by atoms with Gasteiger partial charge in [-0.3, -0.25) is 0 Å². The molecular weight excluding hydrogens is 210 g/mol. The van der Waals surface area contributed by atoms with E-state index in [1.165, 1.54) is 37.9 Å². The maximum Gasteiger partial charge on any atom is 0.111 e. The summed E-state index contributed by atoms with van der Waals surface area (Å²) in [5, 5.41) is 3.64. The number of aromatic nitrogens is 2. The average Bonchev–Trinajstić information content (AvgIpc) is 2.95. The molecular formula is C14H25N3. The highest BCUT2D eigenvalue weighted by molar-refractivity contribution is 5.05. The predicted octanol–water partition coefficient (Wildman–Crippen LogP) is 2.93. The molecule has 1 aromatic rings. The van der Waals surface area contributed by atoms with Crippen LogP contribution >= 0.6 is 0 Å². The van der Waals surface area contributed by atoms with Crippen LogP contribution < -0.4 is 5.32 Å². The van der Waals surface area contributed by atoms with E-state index in [2.05, 4.69) is 34.9 Å². The first-order valence-corrected chi connectivity index (χ1v) is 7.09. The second-order valence-electron chi connectivity index (χ2n) is 5.14. The topological polar surface area (TPSA) is 29.9 Å². The summed E-state index contributed by atoms with van der Waals surface area (Å²) in [6, 6.07) is 0.715. The van der Waals surface area contributed by atoms with Crippen LogP contribution in [0.15, 0.2) is 12.4 Å². The van der Waals surface area contributed by atoms with Gasteiger partial charge in [-0.05, 0) is 38.6 Å². The van der Waals surface area contributed by atoms with Crippen LogP contribution in [0, 0.1) is 0 Å². The lowest BCUT2D eigenvalue weighted by molar-refractivity contribution is 0.506. The van der Waals surface area contributed by atoms with Gasteiger partial charge in [0.2, 0.25) is 0 Å². The summed E-state index contributed by atoms with van der Waals surface area (Å²) in [5.41, 5.74) is 0. The number of aryl methyl sites for hydroxylation is 1. The molecule has 3 heteroatoms. The van der Waals surface area contributed by atoms with Crippen LogP contribution in [-0.4, -0.2) is 22.1 Å². The summed E-state index contributed by atoms with van der Waals surface area (Å²) in [6.45, 7) is 6.72. The third kappa shape index (κ3) is 3.09. The minimum atomic E-state index is 0.672. The molecule has 0 amide bonds. The summed E-state index contributed by atoms with van der Waals surface area (Å²) in [7, 11) is 0. The smallest absolute Gasteiger partial charge is 0.111 e. The molecule has 1 aliphatic carbocycles. The van der Waals surface area contributed by atoms with Gasteiger partial charge >= 0.3 is 0 Å². The van der Waals surface area contributed by atoms with Crippen molar-refractivity contribution in [2.75, 3.05) is 6.54 Å². The standard InChI is InChI=1S/C14H25N3/c1-3-7-15-13-6-5-12(11-13)14-16-8-10-17(14)9-4-2/h8,10,12-13,15H,3-7,9,11H2,1-2H3. The Kier molecular flexibility index (Phi) is 4.60. The zero-order valence-corrected chi connectivity index (χ0v) is 11.2. The van der Waals surface area contributed by atoms with Crippen LogP contribution in [0.4, 0.5) is 0 Å². The van der Waals surface area contributed by atoms with Crippen LogP contribution in [0.5, 0.6) is 0 Å². The Morgan fingerprint density at radius 1 is 1.35 bits per heavy atom. The highest BCUT2D eigenvalue weighted by Gasteiger charge is 2.27. The Labute approximate surface area is 105 Å². The monoisotopic (exact) mass is 235 g/mol. The minimum absolute atomic E-state index is 0.672. The molecule has 0 radical (unpaired) electrons. The van der Waals surface area contributed by atoms with E-state index in [4.69, 9.17) is 0 Å². The largest absolute Gasteiger partial charge is 0.335 e. The second-order valence-corrected chi connectivity index (χ2v) is 5.14. The summed E-state index contributed by atoms with van der Waals surface area (Å²) >= 11 is 0. The van der Waals surface area contributed by atoms with Crippen molar-refractivity contribution in [1.82, 2.24) is 14.9 Å². The van der Waals surface area contributed by atoms with Crippen molar-refractivity contribution in [3.63, 3.8) is 0 Å². The first-order valence-electron chi connectivity index (χ1n) is 7.09. The number of imidazole rings is 1. The van der Waals surface area contributed by atoms with Gasteiger partial charge in [-0.25, -0.2) is 4.98 Å². The SMILES string of the molecule is CCCNC1CCC(c2nccn2CCC)C1. The van der Waals surface area contributed by atoms with E-state index in [1.807, 2.05) is 6.20 Å². The Bertz CT molecular complexity index is 332. The summed E-state index contributed by atoms with van der Waals surface area (Å²) in [5.74, 6) is 1.98. The third-order valence-corrected chi connectivity index (χ3v) is 3.69. The number of hydrogen-bond donors (Lipinski definition) is 1. The molecule has 0 spiro atoms. The van der Waals surface area contributed by atoms with Crippen LogP contribution in [-0.2, 0) is 6.54 Å². The average molecular weight is 235 g/mol. The number of nitrogens with zero attached hydrogens (tertiary/aromatic N) is 2. The zero-order chi connectivity index (χ0) is 12.1. The molecule has 2 atom stereocenters. The molecule has 1 aromatic heterocycles. The van der Waals surface area contributed by atoms with Gasteiger partial charge in [0.25, 0.3) is 0 Å².